The van der Waals surface area contributed by atoms with Crippen LogP contribution in [0.3, 0.4) is 0 Å². The molecule has 7 bridgehead atoms. The molecule has 1 aromatic carbocycles. The highest BCUT2D eigenvalue weighted by Crippen LogP contribution is 2.79. The Labute approximate surface area is 247 Å². The van der Waals surface area contributed by atoms with Crippen LogP contribution in [0.5, 0.6) is 0 Å². The van der Waals surface area contributed by atoms with Crippen molar-refractivity contribution in [1.82, 2.24) is 4.90 Å². The number of rotatable bonds is 7. The van der Waals surface area contributed by atoms with Crippen molar-refractivity contribution in [3.63, 3.8) is 0 Å². The van der Waals surface area contributed by atoms with E-state index in [0.29, 0.717) is 56.4 Å². The summed E-state index contributed by atoms with van der Waals surface area (Å²) in [6.45, 7) is 4.79. The van der Waals surface area contributed by atoms with Gasteiger partial charge in [0.2, 0.25) is 5.91 Å². The second-order valence-corrected chi connectivity index (χ2v) is 13.7. The normalized spacial score (nSPS) is 48.2. The number of benzene rings is 1. The van der Waals surface area contributed by atoms with Gasteiger partial charge in [0.25, 0.3) is 0 Å². The monoisotopic (exact) mass is 584 g/mol. The van der Waals surface area contributed by atoms with Gasteiger partial charge in [-0.1, -0.05) is 19.1 Å². The summed E-state index contributed by atoms with van der Waals surface area (Å²) < 4.78 is 25.1. The summed E-state index contributed by atoms with van der Waals surface area (Å²) in [6.07, 6.45) is 1.91. The van der Waals surface area contributed by atoms with Gasteiger partial charge < -0.3 is 34.5 Å². The van der Waals surface area contributed by atoms with Crippen molar-refractivity contribution in [2.45, 2.75) is 87.1 Å². The van der Waals surface area contributed by atoms with Gasteiger partial charge in [-0.05, 0) is 44.4 Å². The lowest BCUT2D eigenvalue weighted by Gasteiger charge is -2.70. The van der Waals surface area contributed by atoms with Gasteiger partial charge >= 0.3 is 5.97 Å². The zero-order valence-electron chi connectivity index (χ0n) is 25.2. The quantitative estimate of drug-likeness (QED) is 0.414. The van der Waals surface area contributed by atoms with Gasteiger partial charge in [-0.15, -0.1) is 0 Å². The minimum absolute atomic E-state index is 0.0432. The number of carbonyl (C=O) groups excluding carboxylic acids is 2. The Morgan fingerprint density at radius 2 is 1.83 bits per heavy atom. The standard InChI is InChI=1S/C32H44N2O8/c1-6-34-16-29(42-28(36)18-9-7-8-10-21(18)33-17(2)35)12-11-25(40-4)31-23(29)14-20(26(31)34)30(37)15-22(39-3)19-13-24(31)32(30,38)27(19)41-5/h7-10,19-20,22-27,37-38H,6,11-16H2,1-5H3,(H,33,35)/t19-,20?,22+,23-,24+,25?,26?,27+,29-,30+,31?,32+/m1/s1. The summed E-state index contributed by atoms with van der Waals surface area (Å²) in [7, 11) is 5.05. The average Bonchev–Trinajstić information content (AvgIpc) is 3.39. The summed E-state index contributed by atoms with van der Waals surface area (Å²) >= 11 is 0. The molecule has 3 N–H and O–H groups in total. The lowest BCUT2D eigenvalue weighted by atomic mass is 9.44. The predicted molar refractivity (Wildman–Crippen MR) is 152 cm³/mol. The molecule has 230 valence electrons. The predicted octanol–water partition coefficient (Wildman–Crippen LogP) is 2.22. The Kier molecular flexibility index (Phi) is 6.46. The maximum absolute atomic E-state index is 14.0. The maximum atomic E-state index is 14.0. The number of piperidine rings is 1. The minimum Gasteiger partial charge on any atom is -0.454 e. The number of likely N-dealkylation sites (tertiary alicyclic amines) is 1. The molecule has 6 fully saturated rings. The molecular formula is C32H44N2O8. The summed E-state index contributed by atoms with van der Waals surface area (Å²) in [4.78, 5) is 28.3. The van der Waals surface area contributed by atoms with Crippen LogP contribution >= 0.6 is 0 Å². The molecule has 4 unspecified atom stereocenters. The van der Waals surface area contributed by atoms with Crippen LogP contribution in [0.15, 0.2) is 24.3 Å². The molecule has 5 saturated carbocycles. The lowest BCUT2D eigenvalue weighted by molar-refractivity contribution is -0.337. The molecule has 42 heavy (non-hydrogen) atoms. The van der Waals surface area contributed by atoms with Crippen molar-refractivity contribution < 1.29 is 38.7 Å². The average molecular weight is 585 g/mol. The molecule has 1 heterocycles. The van der Waals surface area contributed by atoms with Gasteiger partial charge in [-0.2, -0.15) is 0 Å². The highest BCUT2D eigenvalue weighted by molar-refractivity contribution is 6.00. The van der Waals surface area contributed by atoms with Crippen LogP contribution in [0, 0.1) is 29.1 Å². The van der Waals surface area contributed by atoms with E-state index in [1.807, 2.05) is 0 Å². The number of anilines is 1. The Balaban J connectivity index is 1.38. The zero-order chi connectivity index (χ0) is 29.8. The third kappa shape index (κ3) is 3.21. The number of amides is 1. The summed E-state index contributed by atoms with van der Waals surface area (Å²) in [5.41, 5.74) is -3.57. The van der Waals surface area contributed by atoms with Crippen molar-refractivity contribution in [2.24, 2.45) is 29.1 Å². The molecule has 10 heteroatoms. The van der Waals surface area contributed by atoms with E-state index in [1.165, 1.54) is 6.92 Å². The number of carbonyl (C=O) groups is 2. The Morgan fingerprint density at radius 1 is 1.07 bits per heavy atom. The highest BCUT2D eigenvalue weighted by Gasteiger charge is 2.89. The number of methoxy groups -OCH3 is 3. The first-order chi connectivity index (χ1) is 20.1. The van der Waals surface area contributed by atoms with Gasteiger partial charge in [0.1, 0.15) is 16.8 Å². The summed E-state index contributed by atoms with van der Waals surface area (Å²) in [5, 5.41) is 28.4. The SMILES string of the molecule is CCN1C[C@]2(OC(=O)c3ccccc3NC(C)=O)CCC(OC)C34C1C(C[C@@H]32)[C@@]1(O)C[C@H](OC)[C@H]2C[C@@H]4[C@]1(O)[C@H]2OC. The molecule has 6 aliphatic rings. The molecule has 0 aromatic heterocycles. The Bertz CT molecular complexity index is 1290. The topological polar surface area (TPSA) is 127 Å². The van der Waals surface area contributed by atoms with E-state index in [-0.39, 0.29) is 47.8 Å². The first kappa shape index (κ1) is 28.7. The number of hydrogen-bond donors (Lipinski definition) is 3. The van der Waals surface area contributed by atoms with Crippen LogP contribution < -0.4 is 5.32 Å². The van der Waals surface area contributed by atoms with E-state index in [1.54, 1.807) is 45.6 Å². The number of nitrogens with zero attached hydrogens (tertiary/aromatic N) is 1. The molecule has 1 amide bonds. The number of likely N-dealkylation sites (N-methyl/N-ethyl adjacent to an activating group) is 1. The smallest absolute Gasteiger partial charge is 0.340 e. The Hall–Kier alpha value is -2.08. The molecule has 12 atom stereocenters. The summed E-state index contributed by atoms with van der Waals surface area (Å²) in [6, 6.07) is 6.89. The van der Waals surface area contributed by atoms with Gasteiger partial charge in [0, 0.05) is 76.3 Å². The Morgan fingerprint density at radius 3 is 2.50 bits per heavy atom. The van der Waals surface area contributed by atoms with Crippen molar-refractivity contribution in [3.8, 4) is 0 Å². The number of fused-ring (bicyclic) bond motifs is 2. The van der Waals surface area contributed by atoms with Crippen molar-refractivity contribution in [2.75, 3.05) is 39.7 Å². The van der Waals surface area contributed by atoms with Crippen molar-refractivity contribution in [1.29, 1.82) is 0 Å². The van der Waals surface area contributed by atoms with E-state index in [4.69, 9.17) is 18.9 Å². The number of para-hydroxylation sites is 1. The number of aliphatic hydroxyl groups is 2. The van der Waals surface area contributed by atoms with Crippen LogP contribution in [0.4, 0.5) is 5.69 Å². The lowest BCUT2D eigenvalue weighted by Crippen LogP contribution is -2.83. The third-order valence-electron chi connectivity index (χ3n) is 12.6. The third-order valence-corrected chi connectivity index (χ3v) is 12.6. The molecule has 10 nitrogen and oxygen atoms in total. The zero-order valence-corrected chi connectivity index (χ0v) is 25.2. The van der Waals surface area contributed by atoms with Gasteiger partial charge in [0.05, 0.1) is 29.6 Å². The fourth-order valence-corrected chi connectivity index (χ4v) is 11.6. The first-order valence-corrected chi connectivity index (χ1v) is 15.4. The second kappa shape index (κ2) is 9.46. The minimum atomic E-state index is -1.48. The van der Waals surface area contributed by atoms with Crippen LogP contribution in [0.25, 0.3) is 0 Å². The number of ether oxygens (including phenoxy) is 4. The molecule has 0 radical (unpaired) electrons. The van der Waals surface area contributed by atoms with Crippen LogP contribution in [0.1, 0.15) is 56.3 Å². The van der Waals surface area contributed by atoms with E-state index in [9.17, 15) is 19.8 Å². The molecule has 1 aromatic rings. The number of nitrogens with one attached hydrogen (secondary N) is 1. The van der Waals surface area contributed by atoms with Crippen molar-refractivity contribution in [3.05, 3.63) is 29.8 Å². The van der Waals surface area contributed by atoms with Crippen molar-refractivity contribution >= 4 is 17.6 Å². The van der Waals surface area contributed by atoms with E-state index < -0.39 is 34.3 Å². The fraction of sp³-hybridized carbons (Fsp3) is 0.750. The van der Waals surface area contributed by atoms with E-state index >= 15 is 0 Å². The molecule has 7 rings (SSSR count). The van der Waals surface area contributed by atoms with Gasteiger partial charge in [-0.25, -0.2) is 4.79 Å². The molecular weight excluding hydrogens is 540 g/mol. The molecule has 1 saturated heterocycles. The number of esters is 1. The molecule has 5 aliphatic carbocycles. The summed E-state index contributed by atoms with van der Waals surface area (Å²) in [5.74, 6) is -1.54. The molecule has 1 aliphatic heterocycles. The van der Waals surface area contributed by atoms with Crippen LogP contribution in [-0.2, 0) is 23.7 Å². The van der Waals surface area contributed by atoms with Crippen LogP contribution in [0.2, 0.25) is 0 Å². The van der Waals surface area contributed by atoms with E-state index in [2.05, 4.69) is 17.1 Å². The van der Waals surface area contributed by atoms with E-state index in [0.717, 1.165) is 0 Å². The first-order valence-electron chi connectivity index (χ1n) is 15.4. The highest BCUT2D eigenvalue weighted by atomic mass is 16.6. The van der Waals surface area contributed by atoms with Crippen LogP contribution in [-0.4, -0.2) is 103 Å². The second-order valence-electron chi connectivity index (χ2n) is 13.7. The fourth-order valence-electron chi connectivity index (χ4n) is 11.6. The molecule has 1 spiro atoms. The number of hydrogen-bond acceptors (Lipinski definition) is 9. The largest absolute Gasteiger partial charge is 0.454 e. The van der Waals surface area contributed by atoms with Gasteiger partial charge in [-0.3, -0.25) is 9.69 Å². The van der Waals surface area contributed by atoms with Gasteiger partial charge in [0.15, 0.2) is 0 Å². The maximum Gasteiger partial charge on any atom is 0.340 e.